The average Bonchev–Trinajstić information content (AvgIpc) is 3.20. The lowest BCUT2D eigenvalue weighted by molar-refractivity contribution is 0.398. The molecule has 0 bridgehead atoms. The van der Waals surface area contributed by atoms with E-state index in [0.717, 1.165) is 27.8 Å². The summed E-state index contributed by atoms with van der Waals surface area (Å²) in [7, 11) is 3.23. The zero-order chi connectivity index (χ0) is 18.6. The Bertz CT molecular complexity index is 1100. The Morgan fingerprint density at radius 1 is 0.889 bits per heavy atom. The molecule has 0 amide bonds. The third kappa shape index (κ3) is 3.50. The number of fused-ring (bicyclic) bond motifs is 1. The van der Waals surface area contributed by atoms with E-state index in [1.54, 1.807) is 20.3 Å². The first-order valence-electron chi connectivity index (χ1n) is 8.37. The monoisotopic (exact) mass is 359 g/mol. The number of aromatic nitrogens is 3. The van der Waals surface area contributed by atoms with Crippen LogP contribution in [0.3, 0.4) is 0 Å². The molecule has 0 saturated carbocycles. The number of hydrogen-bond acceptors (Lipinski definition) is 6. The molecule has 0 aliphatic rings. The second-order valence-corrected chi connectivity index (χ2v) is 5.80. The molecule has 6 heteroatoms. The fourth-order valence-corrected chi connectivity index (χ4v) is 2.72. The summed E-state index contributed by atoms with van der Waals surface area (Å²) in [5.41, 5.74) is 2.55. The number of para-hydroxylation sites is 1. The maximum absolute atomic E-state index is 5.40. The van der Waals surface area contributed by atoms with Crippen LogP contribution in [-0.2, 0) is 0 Å². The van der Waals surface area contributed by atoms with Gasteiger partial charge < -0.3 is 14.0 Å². The van der Waals surface area contributed by atoms with E-state index in [0.29, 0.717) is 17.6 Å². The molecule has 2 aromatic carbocycles. The van der Waals surface area contributed by atoms with Gasteiger partial charge in [0.15, 0.2) is 5.82 Å². The van der Waals surface area contributed by atoms with Crippen molar-refractivity contribution in [2.24, 2.45) is 0 Å². The lowest BCUT2D eigenvalue weighted by Gasteiger charge is -2.05. The number of nitrogens with zero attached hydrogens (tertiary/aromatic N) is 3. The Kier molecular flexibility index (Phi) is 4.53. The fourth-order valence-electron chi connectivity index (χ4n) is 2.72. The van der Waals surface area contributed by atoms with Crippen molar-refractivity contribution in [1.82, 2.24) is 15.1 Å². The molecule has 0 saturated heterocycles. The SMILES string of the molecule is COc1ccc(-c2nc(/C=C/c3cc4ccccc4nc3OC)no2)cc1. The minimum Gasteiger partial charge on any atom is -0.497 e. The predicted molar refractivity (Wildman–Crippen MR) is 104 cm³/mol. The summed E-state index contributed by atoms with van der Waals surface area (Å²) in [5.74, 6) is 2.23. The molecule has 134 valence electrons. The minimum atomic E-state index is 0.445. The fraction of sp³-hybridized carbons (Fsp3) is 0.0952. The van der Waals surface area contributed by atoms with Crippen molar-refractivity contribution in [3.63, 3.8) is 0 Å². The molecule has 0 aliphatic heterocycles. The third-order valence-electron chi connectivity index (χ3n) is 4.10. The maximum Gasteiger partial charge on any atom is 0.258 e. The van der Waals surface area contributed by atoms with Gasteiger partial charge in [-0.25, -0.2) is 4.98 Å². The largest absolute Gasteiger partial charge is 0.497 e. The predicted octanol–water partition coefficient (Wildman–Crippen LogP) is 4.47. The van der Waals surface area contributed by atoms with Crippen molar-refractivity contribution < 1.29 is 14.0 Å². The molecule has 0 aliphatic carbocycles. The van der Waals surface area contributed by atoms with Crippen LogP contribution >= 0.6 is 0 Å². The van der Waals surface area contributed by atoms with Crippen molar-refractivity contribution >= 4 is 23.1 Å². The summed E-state index contributed by atoms with van der Waals surface area (Å²) < 4.78 is 15.9. The third-order valence-corrected chi connectivity index (χ3v) is 4.10. The quantitative estimate of drug-likeness (QED) is 0.523. The summed E-state index contributed by atoms with van der Waals surface area (Å²) in [6.45, 7) is 0. The van der Waals surface area contributed by atoms with Crippen LogP contribution in [0.15, 0.2) is 59.1 Å². The van der Waals surface area contributed by atoms with Gasteiger partial charge in [0.25, 0.3) is 5.89 Å². The first-order valence-corrected chi connectivity index (χ1v) is 8.37. The Morgan fingerprint density at radius 2 is 1.70 bits per heavy atom. The van der Waals surface area contributed by atoms with Crippen LogP contribution in [0.2, 0.25) is 0 Å². The van der Waals surface area contributed by atoms with Crippen molar-refractivity contribution in [2.75, 3.05) is 14.2 Å². The van der Waals surface area contributed by atoms with Crippen LogP contribution in [0.25, 0.3) is 34.5 Å². The maximum atomic E-state index is 5.40. The second-order valence-electron chi connectivity index (χ2n) is 5.80. The van der Waals surface area contributed by atoms with Crippen molar-refractivity contribution in [3.8, 4) is 23.1 Å². The van der Waals surface area contributed by atoms with Crippen molar-refractivity contribution in [1.29, 1.82) is 0 Å². The molecule has 4 rings (SSSR count). The van der Waals surface area contributed by atoms with E-state index in [1.807, 2.05) is 60.7 Å². The zero-order valence-electron chi connectivity index (χ0n) is 14.9. The topological polar surface area (TPSA) is 70.3 Å². The van der Waals surface area contributed by atoms with Crippen molar-refractivity contribution in [3.05, 3.63) is 66.0 Å². The van der Waals surface area contributed by atoms with Gasteiger partial charge in [0, 0.05) is 16.5 Å². The molecule has 2 aromatic heterocycles. The molecule has 6 nitrogen and oxygen atoms in total. The highest BCUT2D eigenvalue weighted by molar-refractivity contribution is 5.84. The number of rotatable bonds is 5. The molecule has 0 fully saturated rings. The van der Waals surface area contributed by atoms with E-state index in [-0.39, 0.29) is 0 Å². The Hall–Kier alpha value is -3.67. The highest BCUT2D eigenvalue weighted by Gasteiger charge is 2.08. The molecule has 27 heavy (non-hydrogen) atoms. The molecule has 0 atom stereocenters. The lowest BCUT2D eigenvalue weighted by Crippen LogP contribution is -1.92. The van der Waals surface area contributed by atoms with Crippen LogP contribution < -0.4 is 9.47 Å². The van der Waals surface area contributed by atoms with E-state index in [2.05, 4.69) is 15.1 Å². The number of hydrogen-bond donors (Lipinski definition) is 0. The number of benzene rings is 2. The molecule has 0 radical (unpaired) electrons. The summed E-state index contributed by atoms with van der Waals surface area (Å²) >= 11 is 0. The molecular weight excluding hydrogens is 342 g/mol. The van der Waals surface area contributed by atoms with Gasteiger partial charge >= 0.3 is 0 Å². The zero-order valence-corrected chi connectivity index (χ0v) is 14.9. The van der Waals surface area contributed by atoms with Gasteiger partial charge in [0.2, 0.25) is 5.88 Å². The van der Waals surface area contributed by atoms with Gasteiger partial charge in [0.1, 0.15) is 5.75 Å². The first-order chi connectivity index (χ1) is 13.3. The van der Waals surface area contributed by atoms with E-state index >= 15 is 0 Å². The highest BCUT2D eigenvalue weighted by atomic mass is 16.5. The Balaban J connectivity index is 1.61. The van der Waals surface area contributed by atoms with Gasteiger partial charge in [-0.1, -0.05) is 23.4 Å². The van der Waals surface area contributed by atoms with Crippen LogP contribution in [0.4, 0.5) is 0 Å². The number of ether oxygens (including phenoxy) is 2. The minimum absolute atomic E-state index is 0.445. The van der Waals surface area contributed by atoms with E-state index < -0.39 is 0 Å². The molecule has 0 unspecified atom stereocenters. The van der Waals surface area contributed by atoms with Gasteiger partial charge in [-0.2, -0.15) is 4.98 Å². The van der Waals surface area contributed by atoms with Gasteiger partial charge in [-0.05, 0) is 48.6 Å². The van der Waals surface area contributed by atoms with Gasteiger partial charge in [0.05, 0.1) is 19.7 Å². The Labute approximate surface area is 156 Å². The Morgan fingerprint density at radius 3 is 2.48 bits per heavy atom. The standard InChI is InChI=1S/C21H17N3O3/c1-25-17-10-7-14(8-11-17)21-23-19(24-27-21)12-9-16-13-15-5-3-4-6-18(15)22-20(16)26-2/h3-13H,1-2H3/b12-9+. The summed E-state index contributed by atoms with van der Waals surface area (Å²) in [5, 5.41) is 5.04. The van der Waals surface area contributed by atoms with E-state index in [1.165, 1.54) is 0 Å². The van der Waals surface area contributed by atoms with Crippen LogP contribution in [0.5, 0.6) is 11.6 Å². The van der Waals surface area contributed by atoms with Crippen LogP contribution in [0, 0.1) is 0 Å². The van der Waals surface area contributed by atoms with Gasteiger partial charge in [-0.15, -0.1) is 0 Å². The lowest BCUT2D eigenvalue weighted by atomic mass is 10.1. The molecular formula is C21H17N3O3. The molecule has 0 N–H and O–H groups in total. The first kappa shape index (κ1) is 16.8. The number of methoxy groups -OCH3 is 2. The van der Waals surface area contributed by atoms with Crippen LogP contribution in [-0.4, -0.2) is 29.3 Å². The van der Waals surface area contributed by atoms with Crippen molar-refractivity contribution in [2.45, 2.75) is 0 Å². The molecule has 2 heterocycles. The normalized spacial score (nSPS) is 11.2. The summed E-state index contributed by atoms with van der Waals surface area (Å²) in [6.07, 6.45) is 3.63. The number of pyridine rings is 1. The smallest absolute Gasteiger partial charge is 0.258 e. The van der Waals surface area contributed by atoms with E-state index in [9.17, 15) is 0 Å². The molecule has 4 aromatic rings. The van der Waals surface area contributed by atoms with Crippen LogP contribution in [0.1, 0.15) is 11.4 Å². The van der Waals surface area contributed by atoms with E-state index in [4.69, 9.17) is 14.0 Å². The molecule has 0 spiro atoms. The van der Waals surface area contributed by atoms with Gasteiger partial charge in [-0.3, -0.25) is 0 Å². The summed E-state index contributed by atoms with van der Waals surface area (Å²) in [6, 6.07) is 17.3. The summed E-state index contributed by atoms with van der Waals surface area (Å²) in [4.78, 5) is 8.93. The second kappa shape index (κ2) is 7.29. The average molecular weight is 359 g/mol. The highest BCUT2D eigenvalue weighted by Crippen LogP contribution is 2.25.